The zero-order chi connectivity index (χ0) is 14.1. The molecule has 0 bridgehead atoms. The van der Waals surface area contributed by atoms with E-state index in [1.807, 2.05) is 24.3 Å². The maximum atomic E-state index is 11.9. The highest BCUT2D eigenvalue weighted by Crippen LogP contribution is 2.32. The van der Waals surface area contributed by atoms with Gasteiger partial charge in [-0.3, -0.25) is 4.79 Å². The quantitative estimate of drug-likeness (QED) is 0.799. The van der Waals surface area contributed by atoms with Gasteiger partial charge in [0.2, 0.25) is 0 Å². The number of carbonyl (C=O) groups is 2. The van der Waals surface area contributed by atoms with Crippen LogP contribution in [-0.4, -0.2) is 17.0 Å². The van der Waals surface area contributed by atoms with Gasteiger partial charge in [-0.2, -0.15) is 0 Å². The molecular formula is C15H12N2O3. The summed E-state index contributed by atoms with van der Waals surface area (Å²) in [6.45, 7) is 0. The average Bonchev–Trinajstić information content (AvgIpc) is 2.76. The molecular weight excluding hydrogens is 256 g/mol. The minimum absolute atomic E-state index is 0.117. The van der Waals surface area contributed by atoms with Crippen molar-refractivity contribution in [2.24, 2.45) is 0 Å². The molecule has 0 spiro atoms. The number of anilines is 2. The van der Waals surface area contributed by atoms with Gasteiger partial charge < -0.3 is 15.7 Å². The lowest BCUT2D eigenvalue weighted by molar-refractivity contribution is -0.116. The van der Waals surface area contributed by atoms with Gasteiger partial charge in [-0.25, -0.2) is 4.79 Å². The number of amides is 1. The maximum absolute atomic E-state index is 11.9. The summed E-state index contributed by atoms with van der Waals surface area (Å²) in [4.78, 5) is 22.7. The first kappa shape index (κ1) is 12.2. The van der Waals surface area contributed by atoms with Gasteiger partial charge in [0.1, 0.15) is 6.04 Å². The summed E-state index contributed by atoms with van der Waals surface area (Å²) in [6, 6.07) is 13.3. The Hall–Kier alpha value is -2.82. The predicted octanol–water partition coefficient (Wildman–Crippen LogP) is 2.49. The number of fused-ring (bicyclic) bond motifs is 1. The standard InChI is InChI=1S/C15H12N2O3/c18-14-13(11-3-1-2-4-12(11)17-14)16-10-7-5-9(6-8-10)15(19)20/h1-8,13,16H,(H,17,18)(H,19,20). The lowest BCUT2D eigenvalue weighted by atomic mass is 10.1. The zero-order valence-corrected chi connectivity index (χ0v) is 10.5. The Morgan fingerprint density at radius 3 is 2.50 bits per heavy atom. The van der Waals surface area contributed by atoms with Crippen molar-refractivity contribution < 1.29 is 14.7 Å². The van der Waals surface area contributed by atoms with Gasteiger partial charge in [0.05, 0.1) is 5.56 Å². The summed E-state index contributed by atoms with van der Waals surface area (Å²) >= 11 is 0. The maximum Gasteiger partial charge on any atom is 0.335 e. The van der Waals surface area contributed by atoms with Crippen LogP contribution in [0.5, 0.6) is 0 Å². The van der Waals surface area contributed by atoms with Gasteiger partial charge in [0.25, 0.3) is 5.91 Å². The van der Waals surface area contributed by atoms with Gasteiger partial charge in [-0.1, -0.05) is 18.2 Å². The molecule has 1 unspecified atom stereocenters. The fraction of sp³-hybridized carbons (Fsp3) is 0.0667. The Bertz CT molecular complexity index is 680. The molecule has 1 aliphatic rings. The minimum Gasteiger partial charge on any atom is -0.478 e. The van der Waals surface area contributed by atoms with E-state index >= 15 is 0 Å². The summed E-state index contributed by atoms with van der Waals surface area (Å²) in [5.74, 6) is -1.09. The van der Waals surface area contributed by atoms with Crippen molar-refractivity contribution in [3.05, 3.63) is 59.7 Å². The molecule has 0 radical (unpaired) electrons. The van der Waals surface area contributed by atoms with E-state index in [4.69, 9.17) is 5.11 Å². The fourth-order valence-corrected chi connectivity index (χ4v) is 2.23. The Labute approximate surface area is 115 Å². The van der Waals surface area contributed by atoms with Crippen molar-refractivity contribution >= 4 is 23.3 Å². The number of hydrogen-bond donors (Lipinski definition) is 3. The Morgan fingerprint density at radius 2 is 1.80 bits per heavy atom. The van der Waals surface area contributed by atoms with Gasteiger partial charge in [-0.05, 0) is 30.3 Å². The second-order valence-corrected chi connectivity index (χ2v) is 4.54. The van der Waals surface area contributed by atoms with E-state index in [1.54, 1.807) is 12.1 Å². The molecule has 0 fully saturated rings. The van der Waals surface area contributed by atoms with Gasteiger partial charge in [-0.15, -0.1) is 0 Å². The third-order valence-electron chi connectivity index (χ3n) is 3.23. The van der Waals surface area contributed by atoms with Crippen molar-refractivity contribution in [1.82, 2.24) is 0 Å². The number of nitrogens with one attached hydrogen (secondary N) is 2. The lowest BCUT2D eigenvalue weighted by Gasteiger charge is -2.13. The molecule has 1 atom stereocenters. The molecule has 5 nitrogen and oxygen atoms in total. The van der Waals surface area contributed by atoms with E-state index < -0.39 is 12.0 Å². The summed E-state index contributed by atoms with van der Waals surface area (Å²) in [6.07, 6.45) is 0. The molecule has 20 heavy (non-hydrogen) atoms. The second-order valence-electron chi connectivity index (χ2n) is 4.54. The van der Waals surface area contributed by atoms with Crippen LogP contribution in [0.15, 0.2) is 48.5 Å². The molecule has 3 N–H and O–H groups in total. The lowest BCUT2D eigenvalue weighted by Crippen LogP contribution is -2.19. The van der Waals surface area contributed by atoms with Crippen LogP contribution < -0.4 is 10.6 Å². The number of hydrogen-bond acceptors (Lipinski definition) is 3. The minimum atomic E-state index is -0.972. The third kappa shape index (κ3) is 2.09. The Balaban J connectivity index is 1.84. The van der Waals surface area contributed by atoms with Gasteiger partial charge >= 0.3 is 5.97 Å². The molecule has 0 saturated heterocycles. The molecule has 5 heteroatoms. The molecule has 1 heterocycles. The summed E-state index contributed by atoms with van der Waals surface area (Å²) < 4.78 is 0. The molecule has 0 aromatic heterocycles. The van der Waals surface area contributed by atoms with Crippen LogP contribution in [0, 0.1) is 0 Å². The summed E-state index contributed by atoms with van der Waals surface area (Å²) in [7, 11) is 0. The molecule has 100 valence electrons. The molecule has 0 saturated carbocycles. The second kappa shape index (κ2) is 4.70. The normalized spacial score (nSPS) is 16.4. The van der Waals surface area contributed by atoms with E-state index in [0.717, 1.165) is 11.3 Å². The van der Waals surface area contributed by atoms with Crippen LogP contribution in [0.4, 0.5) is 11.4 Å². The van der Waals surface area contributed by atoms with Gasteiger partial charge in [0, 0.05) is 16.9 Å². The SMILES string of the molecule is O=C(O)c1ccc(NC2C(=O)Nc3ccccc32)cc1. The monoisotopic (exact) mass is 268 g/mol. The smallest absolute Gasteiger partial charge is 0.335 e. The summed E-state index contributed by atoms with van der Waals surface area (Å²) in [5.41, 5.74) is 2.61. The van der Waals surface area contributed by atoms with E-state index in [0.29, 0.717) is 5.69 Å². The van der Waals surface area contributed by atoms with Crippen LogP contribution in [0.3, 0.4) is 0 Å². The van der Waals surface area contributed by atoms with Crippen molar-refractivity contribution in [3.63, 3.8) is 0 Å². The molecule has 3 rings (SSSR count). The van der Waals surface area contributed by atoms with E-state index in [9.17, 15) is 9.59 Å². The summed E-state index contributed by atoms with van der Waals surface area (Å²) in [5, 5.41) is 14.8. The molecule has 1 amide bonds. The number of carboxylic acids is 1. The zero-order valence-electron chi connectivity index (χ0n) is 10.5. The van der Waals surface area contributed by atoms with Crippen LogP contribution in [0.25, 0.3) is 0 Å². The number of carbonyl (C=O) groups excluding carboxylic acids is 1. The number of rotatable bonds is 3. The number of carboxylic acid groups (broad SMARTS) is 1. The van der Waals surface area contributed by atoms with Crippen molar-refractivity contribution in [3.8, 4) is 0 Å². The highest BCUT2D eigenvalue weighted by molar-refractivity contribution is 6.04. The fourth-order valence-electron chi connectivity index (χ4n) is 2.23. The van der Waals surface area contributed by atoms with Crippen LogP contribution in [0.2, 0.25) is 0 Å². The number of aromatic carboxylic acids is 1. The predicted molar refractivity (Wildman–Crippen MR) is 74.8 cm³/mol. The topological polar surface area (TPSA) is 78.4 Å². The van der Waals surface area contributed by atoms with Crippen molar-refractivity contribution in [2.45, 2.75) is 6.04 Å². The first-order chi connectivity index (χ1) is 9.65. The van der Waals surface area contributed by atoms with Crippen molar-refractivity contribution in [2.75, 3.05) is 10.6 Å². The molecule has 2 aromatic carbocycles. The van der Waals surface area contributed by atoms with E-state index in [1.165, 1.54) is 12.1 Å². The largest absolute Gasteiger partial charge is 0.478 e. The number of benzene rings is 2. The molecule has 0 aliphatic carbocycles. The highest BCUT2D eigenvalue weighted by Gasteiger charge is 2.29. The van der Waals surface area contributed by atoms with Crippen LogP contribution in [0.1, 0.15) is 22.0 Å². The number of para-hydroxylation sites is 1. The van der Waals surface area contributed by atoms with E-state index in [-0.39, 0.29) is 11.5 Å². The Morgan fingerprint density at radius 1 is 1.10 bits per heavy atom. The first-order valence-corrected chi connectivity index (χ1v) is 6.15. The Kier molecular flexibility index (Phi) is 2.87. The molecule has 2 aromatic rings. The van der Waals surface area contributed by atoms with Crippen LogP contribution >= 0.6 is 0 Å². The first-order valence-electron chi connectivity index (χ1n) is 6.15. The highest BCUT2D eigenvalue weighted by atomic mass is 16.4. The van der Waals surface area contributed by atoms with Crippen molar-refractivity contribution in [1.29, 1.82) is 0 Å². The van der Waals surface area contributed by atoms with E-state index in [2.05, 4.69) is 10.6 Å². The molecule has 1 aliphatic heterocycles. The third-order valence-corrected chi connectivity index (χ3v) is 3.23. The van der Waals surface area contributed by atoms with Gasteiger partial charge in [0.15, 0.2) is 0 Å². The average molecular weight is 268 g/mol. The van der Waals surface area contributed by atoms with Crippen LogP contribution in [-0.2, 0) is 4.79 Å².